The highest BCUT2D eigenvalue weighted by atomic mass is 28.4. The molecular weight excluding hydrogens is 568 g/mol. The molecule has 0 radical (unpaired) electrons. The van der Waals surface area contributed by atoms with Crippen LogP contribution in [0.3, 0.4) is 0 Å². The molecule has 0 saturated carbocycles. The van der Waals surface area contributed by atoms with Crippen LogP contribution in [-0.4, -0.2) is 51.5 Å². The number of anilines is 1. The van der Waals surface area contributed by atoms with Gasteiger partial charge in [0.2, 0.25) is 0 Å². The summed E-state index contributed by atoms with van der Waals surface area (Å²) in [6, 6.07) is 18.7. The molecule has 4 aromatic rings. The molecule has 3 heterocycles. The van der Waals surface area contributed by atoms with Crippen molar-refractivity contribution in [3.63, 3.8) is 0 Å². The zero-order chi connectivity index (χ0) is 30.7. The molecule has 11 nitrogen and oxygen atoms in total. The topological polar surface area (TPSA) is 148 Å². The van der Waals surface area contributed by atoms with Crippen molar-refractivity contribution in [3.05, 3.63) is 105 Å². The number of aromatic nitrogens is 2. The Kier molecular flexibility index (Phi) is 7.04. The average Bonchev–Trinajstić information content (AvgIpc) is 3.40. The fraction of sp³-hybridized carbons (Fsp3) is 0.323. The quantitative estimate of drug-likeness (QED) is 0.184. The molecule has 1 saturated heterocycles. The van der Waals surface area contributed by atoms with Crippen LogP contribution in [-0.2, 0) is 21.7 Å². The largest absolute Gasteiger partial charge is 0.432 e. The molecule has 1 fully saturated rings. The van der Waals surface area contributed by atoms with Gasteiger partial charge in [-0.15, -0.1) is 0 Å². The standard InChI is InChI=1S/C31H32N4O7Si/c1-19-28(43(2,3)41)27(14-15-36)42-31(19)25-16-23(35(39)40)12-13-26(25)33(30(31)38)18-20-8-10-22(11-9-20)34-29(37)24-7-5-4-6-21(24)17-32-34/h4-13,16-17,19,27-28,36,41H,14-15,18H2,1-3H3/t19-,27+,28-,31+/m0/s1. The van der Waals surface area contributed by atoms with Gasteiger partial charge in [0.25, 0.3) is 17.2 Å². The molecule has 2 aliphatic rings. The molecule has 4 atom stereocenters. The number of aliphatic hydroxyl groups is 1. The smallest absolute Gasteiger partial charge is 0.279 e. The number of nitro groups is 1. The van der Waals surface area contributed by atoms with Crippen LogP contribution in [0.4, 0.5) is 11.4 Å². The maximum atomic E-state index is 14.4. The molecule has 0 aliphatic carbocycles. The SMILES string of the molecule is C[C@H]1[C@H]([Si](C)(C)O)[C@@H](CCO)O[C@]12C(=O)N(Cc1ccc(-n3ncc4ccccc4c3=O)cc1)c1ccc([N+](=O)[O-])cc12. The van der Waals surface area contributed by atoms with Crippen molar-refractivity contribution in [1.82, 2.24) is 9.78 Å². The van der Waals surface area contributed by atoms with Crippen LogP contribution in [0.2, 0.25) is 18.6 Å². The Balaban J connectivity index is 1.38. The number of nitrogens with zero attached hydrogens (tertiary/aromatic N) is 4. The second-order valence-electron chi connectivity index (χ2n) is 11.8. The Hall–Kier alpha value is -4.23. The van der Waals surface area contributed by atoms with Gasteiger partial charge in [-0.1, -0.05) is 37.3 Å². The van der Waals surface area contributed by atoms with Crippen molar-refractivity contribution >= 4 is 36.4 Å². The highest BCUT2D eigenvalue weighted by molar-refractivity contribution is 6.71. The molecule has 6 rings (SSSR count). The number of rotatable bonds is 7. The Bertz CT molecular complexity index is 1800. The van der Waals surface area contributed by atoms with Crippen molar-refractivity contribution in [1.29, 1.82) is 0 Å². The van der Waals surface area contributed by atoms with Gasteiger partial charge >= 0.3 is 0 Å². The highest BCUT2D eigenvalue weighted by Gasteiger charge is 2.66. The van der Waals surface area contributed by atoms with Crippen LogP contribution < -0.4 is 10.5 Å². The third-order valence-electron chi connectivity index (χ3n) is 8.81. The van der Waals surface area contributed by atoms with Crippen molar-refractivity contribution in [2.75, 3.05) is 11.5 Å². The third-order valence-corrected chi connectivity index (χ3v) is 11.3. The molecule has 2 N–H and O–H groups in total. The third kappa shape index (κ3) is 4.57. The summed E-state index contributed by atoms with van der Waals surface area (Å²) < 4.78 is 7.85. The van der Waals surface area contributed by atoms with E-state index in [0.717, 1.165) is 10.9 Å². The van der Waals surface area contributed by atoms with E-state index in [1.807, 2.05) is 31.2 Å². The Morgan fingerprint density at radius 1 is 1.09 bits per heavy atom. The number of nitro benzene ring substituents is 1. The first-order valence-corrected chi connectivity index (χ1v) is 17.2. The van der Waals surface area contributed by atoms with Gasteiger partial charge in [0.15, 0.2) is 13.9 Å². The van der Waals surface area contributed by atoms with E-state index in [2.05, 4.69) is 5.10 Å². The number of hydrogen-bond acceptors (Lipinski definition) is 8. The minimum absolute atomic E-state index is 0.150. The summed E-state index contributed by atoms with van der Waals surface area (Å²) in [5.41, 5.74) is -0.109. The molecule has 43 heavy (non-hydrogen) atoms. The number of non-ortho nitro benzene ring substituents is 1. The molecule has 12 heteroatoms. The van der Waals surface area contributed by atoms with Crippen LogP contribution in [0.25, 0.3) is 16.5 Å². The minimum atomic E-state index is -2.90. The summed E-state index contributed by atoms with van der Waals surface area (Å²) in [5.74, 6) is -0.863. The predicted molar refractivity (Wildman–Crippen MR) is 162 cm³/mol. The molecule has 1 amide bonds. The van der Waals surface area contributed by atoms with Crippen LogP contribution in [0.15, 0.2) is 77.7 Å². The number of carbonyl (C=O) groups excluding carboxylic acids is 1. The summed E-state index contributed by atoms with van der Waals surface area (Å²) in [7, 11) is -2.90. The van der Waals surface area contributed by atoms with E-state index in [1.165, 1.54) is 16.8 Å². The number of aliphatic hydroxyl groups excluding tert-OH is 1. The lowest BCUT2D eigenvalue weighted by molar-refractivity contribution is -0.385. The van der Waals surface area contributed by atoms with Gasteiger partial charge in [0.05, 0.1) is 40.5 Å². The summed E-state index contributed by atoms with van der Waals surface area (Å²) in [6.45, 7) is 5.38. The fourth-order valence-electron chi connectivity index (χ4n) is 6.93. The summed E-state index contributed by atoms with van der Waals surface area (Å²) >= 11 is 0. The summed E-state index contributed by atoms with van der Waals surface area (Å²) in [5, 5.41) is 27.1. The zero-order valence-electron chi connectivity index (χ0n) is 24.0. The second kappa shape index (κ2) is 10.5. The number of hydrogen-bond donors (Lipinski definition) is 2. The number of benzene rings is 3. The lowest BCUT2D eigenvalue weighted by Crippen LogP contribution is -2.46. The Labute approximate surface area is 248 Å². The van der Waals surface area contributed by atoms with Gasteiger partial charge < -0.3 is 19.5 Å². The average molecular weight is 601 g/mol. The van der Waals surface area contributed by atoms with Crippen LogP contribution in [0.1, 0.15) is 24.5 Å². The van der Waals surface area contributed by atoms with Gasteiger partial charge in [-0.25, -0.2) is 0 Å². The normalized spacial score (nSPS) is 23.3. The van der Waals surface area contributed by atoms with E-state index >= 15 is 0 Å². The molecule has 1 aromatic heterocycles. The van der Waals surface area contributed by atoms with Crippen molar-refractivity contribution < 1.29 is 24.4 Å². The van der Waals surface area contributed by atoms with E-state index in [-0.39, 0.29) is 42.3 Å². The van der Waals surface area contributed by atoms with Gasteiger partial charge in [0.1, 0.15) is 0 Å². The fourth-order valence-corrected chi connectivity index (χ4v) is 9.54. The van der Waals surface area contributed by atoms with Crippen molar-refractivity contribution in [2.24, 2.45) is 5.92 Å². The van der Waals surface area contributed by atoms with E-state index in [9.17, 15) is 29.6 Å². The van der Waals surface area contributed by atoms with Crippen LogP contribution >= 0.6 is 0 Å². The van der Waals surface area contributed by atoms with Gasteiger partial charge in [-0.3, -0.25) is 19.7 Å². The first-order chi connectivity index (χ1) is 20.5. The van der Waals surface area contributed by atoms with Crippen LogP contribution in [0.5, 0.6) is 0 Å². The minimum Gasteiger partial charge on any atom is -0.432 e. The summed E-state index contributed by atoms with van der Waals surface area (Å²) in [4.78, 5) is 51.5. The molecule has 1 spiro atoms. The lowest BCUT2D eigenvalue weighted by atomic mass is 9.82. The number of fused-ring (bicyclic) bond motifs is 3. The molecule has 222 valence electrons. The van der Waals surface area contributed by atoms with E-state index in [4.69, 9.17) is 4.74 Å². The van der Waals surface area contributed by atoms with Gasteiger partial charge in [0, 0.05) is 41.1 Å². The number of ether oxygens (including phenoxy) is 1. The maximum Gasteiger partial charge on any atom is 0.279 e. The first kappa shape index (κ1) is 28.9. The van der Waals surface area contributed by atoms with Crippen molar-refractivity contribution in [3.8, 4) is 5.69 Å². The molecule has 0 unspecified atom stereocenters. The molecule has 3 aromatic carbocycles. The van der Waals surface area contributed by atoms with Crippen molar-refractivity contribution in [2.45, 2.75) is 50.2 Å². The van der Waals surface area contributed by atoms with Crippen LogP contribution in [0, 0.1) is 16.0 Å². The number of carbonyl (C=O) groups is 1. The first-order valence-electron chi connectivity index (χ1n) is 14.2. The molecular formula is C31H32N4O7Si. The molecule has 2 aliphatic heterocycles. The maximum absolute atomic E-state index is 14.4. The second-order valence-corrected chi connectivity index (χ2v) is 15.8. The predicted octanol–water partition coefficient (Wildman–Crippen LogP) is 4.02. The highest BCUT2D eigenvalue weighted by Crippen LogP contribution is 2.60. The van der Waals surface area contributed by atoms with Gasteiger partial charge in [-0.05, 0) is 49.3 Å². The lowest BCUT2D eigenvalue weighted by Gasteiger charge is -2.32. The number of amides is 1. The van der Waals surface area contributed by atoms with E-state index < -0.39 is 30.9 Å². The van der Waals surface area contributed by atoms with Gasteiger partial charge in [-0.2, -0.15) is 9.78 Å². The molecule has 0 bridgehead atoms. The summed E-state index contributed by atoms with van der Waals surface area (Å²) in [6.07, 6.45) is 1.28. The Morgan fingerprint density at radius 3 is 2.49 bits per heavy atom. The van der Waals surface area contributed by atoms with E-state index in [1.54, 1.807) is 54.5 Å². The monoisotopic (exact) mass is 600 g/mol. The van der Waals surface area contributed by atoms with E-state index in [0.29, 0.717) is 22.3 Å². The zero-order valence-corrected chi connectivity index (χ0v) is 25.0. The Morgan fingerprint density at radius 2 is 1.81 bits per heavy atom.